The van der Waals surface area contributed by atoms with Crippen molar-refractivity contribution in [1.82, 2.24) is 9.55 Å². The molecule has 0 atom stereocenters. The fourth-order valence-corrected chi connectivity index (χ4v) is 1.29. The molecule has 1 aromatic heterocycles. The van der Waals surface area contributed by atoms with Crippen LogP contribution in [0.2, 0.25) is 0 Å². The zero-order chi connectivity index (χ0) is 11.8. The number of hydrogen-bond acceptors (Lipinski definition) is 1. The SMILES string of the molecule is C=Cn1c(C(C)C)cnc1/C=C\C.CC. The summed E-state index contributed by atoms with van der Waals surface area (Å²) in [5.41, 5.74) is 1.20. The molecule has 0 aliphatic carbocycles. The molecule has 0 unspecified atom stereocenters. The van der Waals surface area contributed by atoms with Crippen molar-refractivity contribution in [2.24, 2.45) is 0 Å². The van der Waals surface area contributed by atoms with Crippen LogP contribution in [-0.2, 0) is 0 Å². The first-order valence-electron chi connectivity index (χ1n) is 5.53. The molecule has 1 heterocycles. The average Bonchev–Trinajstić information content (AvgIpc) is 2.64. The Morgan fingerprint density at radius 1 is 1.40 bits per heavy atom. The fourth-order valence-electron chi connectivity index (χ4n) is 1.29. The Morgan fingerprint density at radius 3 is 2.40 bits per heavy atom. The van der Waals surface area contributed by atoms with Crippen molar-refractivity contribution in [2.45, 2.75) is 40.5 Å². The van der Waals surface area contributed by atoms with E-state index in [0.29, 0.717) is 5.92 Å². The van der Waals surface area contributed by atoms with Crippen molar-refractivity contribution in [2.75, 3.05) is 0 Å². The van der Waals surface area contributed by atoms with Gasteiger partial charge < -0.3 is 4.57 Å². The van der Waals surface area contributed by atoms with Gasteiger partial charge in [-0.15, -0.1) is 0 Å². The number of aromatic nitrogens is 2. The quantitative estimate of drug-likeness (QED) is 0.726. The maximum atomic E-state index is 4.30. The molecule has 0 radical (unpaired) electrons. The van der Waals surface area contributed by atoms with E-state index in [2.05, 4.69) is 25.4 Å². The Balaban J connectivity index is 0.000000921. The minimum absolute atomic E-state index is 0.476. The zero-order valence-electron chi connectivity index (χ0n) is 10.5. The molecule has 0 spiro atoms. The van der Waals surface area contributed by atoms with Crippen molar-refractivity contribution in [3.8, 4) is 0 Å². The van der Waals surface area contributed by atoms with Crippen molar-refractivity contribution < 1.29 is 0 Å². The maximum absolute atomic E-state index is 4.30. The van der Waals surface area contributed by atoms with E-state index in [1.165, 1.54) is 5.69 Å². The van der Waals surface area contributed by atoms with Crippen LogP contribution in [-0.4, -0.2) is 9.55 Å². The van der Waals surface area contributed by atoms with Gasteiger partial charge in [0.25, 0.3) is 0 Å². The molecule has 2 heteroatoms. The summed E-state index contributed by atoms with van der Waals surface area (Å²) < 4.78 is 2.02. The predicted octanol–water partition coefficient (Wildman–Crippen LogP) is 4.17. The van der Waals surface area contributed by atoms with Gasteiger partial charge in [-0.3, -0.25) is 0 Å². The molecular formula is C13H22N2. The smallest absolute Gasteiger partial charge is 0.136 e. The molecule has 0 fully saturated rings. The van der Waals surface area contributed by atoms with Gasteiger partial charge in [-0.05, 0) is 18.9 Å². The Hall–Kier alpha value is -1.31. The second-order valence-electron chi connectivity index (χ2n) is 3.25. The molecule has 0 aliphatic rings. The lowest BCUT2D eigenvalue weighted by Crippen LogP contribution is -1.98. The monoisotopic (exact) mass is 206 g/mol. The summed E-state index contributed by atoms with van der Waals surface area (Å²) in [5.74, 6) is 1.42. The second-order valence-corrected chi connectivity index (χ2v) is 3.25. The summed E-state index contributed by atoms with van der Waals surface area (Å²) in [6.07, 6.45) is 7.67. The topological polar surface area (TPSA) is 17.8 Å². The molecule has 2 nitrogen and oxygen atoms in total. The third kappa shape index (κ3) is 3.39. The highest BCUT2D eigenvalue weighted by Gasteiger charge is 2.07. The first kappa shape index (κ1) is 13.7. The van der Waals surface area contributed by atoms with Crippen LogP contribution in [0.25, 0.3) is 12.3 Å². The van der Waals surface area contributed by atoms with Gasteiger partial charge in [0.2, 0.25) is 0 Å². The number of imidazole rings is 1. The molecule has 1 aromatic rings. The molecule has 0 aliphatic heterocycles. The van der Waals surface area contributed by atoms with Crippen LogP contribution >= 0.6 is 0 Å². The third-order valence-electron chi connectivity index (χ3n) is 1.94. The minimum atomic E-state index is 0.476. The largest absolute Gasteiger partial charge is 0.304 e. The number of rotatable bonds is 3. The van der Waals surface area contributed by atoms with E-state index < -0.39 is 0 Å². The molecule has 15 heavy (non-hydrogen) atoms. The average molecular weight is 206 g/mol. The highest BCUT2D eigenvalue weighted by Crippen LogP contribution is 2.17. The van der Waals surface area contributed by atoms with Crippen LogP contribution in [0.3, 0.4) is 0 Å². The van der Waals surface area contributed by atoms with E-state index >= 15 is 0 Å². The van der Waals surface area contributed by atoms with E-state index in [1.54, 1.807) is 6.20 Å². The molecule has 0 saturated carbocycles. The summed E-state index contributed by atoms with van der Waals surface area (Å²) in [7, 11) is 0. The number of allylic oxidation sites excluding steroid dienone is 1. The first-order valence-corrected chi connectivity index (χ1v) is 5.53. The van der Waals surface area contributed by atoms with Gasteiger partial charge in [0.15, 0.2) is 0 Å². The lowest BCUT2D eigenvalue weighted by atomic mass is 10.1. The van der Waals surface area contributed by atoms with Crippen LogP contribution in [0.15, 0.2) is 18.9 Å². The van der Waals surface area contributed by atoms with E-state index in [9.17, 15) is 0 Å². The molecular weight excluding hydrogens is 184 g/mol. The predicted molar refractivity (Wildman–Crippen MR) is 68.8 cm³/mol. The van der Waals surface area contributed by atoms with Gasteiger partial charge in [-0.2, -0.15) is 0 Å². The maximum Gasteiger partial charge on any atom is 0.136 e. The van der Waals surface area contributed by atoms with Crippen LogP contribution in [0.5, 0.6) is 0 Å². The van der Waals surface area contributed by atoms with Gasteiger partial charge in [0.1, 0.15) is 5.82 Å². The van der Waals surface area contributed by atoms with E-state index in [0.717, 1.165) is 5.82 Å². The molecule has 0 amide bonds. The summed E-state index contributed by atoms with van der Waals surface area (Å²) in [6, 6.07) is 0. The number of nitrogens with zero attached hydrogens (tertiary/aromatic N) is 2. The van der Waals surface area contributed by atoms with Gasteiger partial charge in [-0.25, -0.2) is 4.98 Å². The summed E-state index contributed by atoms with van der Waals surface area (Å²) in [5, 5.41) is 0. The second kappa shape index (κ2) is 7.04. The van der Waals surface area contributed by atoms with E-state index in [1.807, 2.05) is 43.7 Å². The highest BCUT2D eigenvalue weighted by molar-refractivity contribution is 5.46. The van der Waals surface area contributed by atoms with Crippen molar-refractivity contribution in [1.29, 1.82) is 0 Å². The van der Waals surface area contributed by atoms with Crippen molar-refractivity contribution >= 4 is 12.3 Å². The third-order valence-corrected chi connectivity index (χ3v) is 1.94. The Kier molecular flexibility index (Phi) is 6.43. The lowest BCUT2D eigenvalue weighted by Gasteiger charge is -2.06. The Labute approximate surface area is 93.3 Å². The van der Waals surface area contributed by atoms with Crippen LogP contribution in [0.4, 0.5) is 0 Å². The lowest BCUT2D eigenvalue weighted by molar-refractivity contribution is 0.800. The molecule has 84 valence electrons. The summed E-state index contributed by atoms with van der Waals surface area (Å²) in [4.78, 5) is 4.30. The van der Waals surface area contributed by atoms with Gasteiger partial charge in [-0.1, -0.05) is 40.3 Å². The van der Waals surface area contributed by atoms with Crippen LogP contribution in [0, 0.1) is 0 Å². The molecule has 0 bridgehead atoms. The van der Waals surface area contributed by atoms with Gasteiger partial charge in [0, 0.05) is 18.1 Å². The molecule has 1 rings (SSSR count). The Bertz CT molecular complexity index is 319. The molecule has 0 aromatic carbocycles. The number of hydrogen-bond donors (Lipinski definition) is 0. The summed E-state index contributed by atoms with van der Waals surface area (Å²) in [6.45, 7) is 14.1. The zero-order valence-corrected chi connectivity index (χ0v) is 10.5. The normalized spacial score (nSPS) is 10.3. The fraction of sp³-hybridized carbons (Fsp3) is 0.462. The standard InChI is InChI=1S/C11H16N2.C2H6/c1-5-7-11-12-8-10(9(3)4)13(11)6-2;1-2/h5-9H,2H2,1,3-4H3;1-2H3/b7-5-;. The van der Waals surface area contributed by atoms with Gasteiger partial charge in [0.05, 0.1) is 0 Å². The highest BCUT2D eigenvalue weighted by atomic mass is 15.1. The molecule has 0 N–H and O–H groups in total. The Morgan fingerprint density at radius 2 is 2.00 bits per heavy atom. The van der Waals surface area contributed by atoms with Crippen molar-refractivity contribution in [3.63, 3.8) is 0 Å². The van der Waals surface area contributed by atoms with Crippen LogP contribution < -0.4 is 0 Å². The molecule has 0 saturated heterocycles. The van der Waals surface area contributed by atoms with Gasteiger partial charge >= 0.3 is 0 Å². The minimum Gasteiger partial charge on any atom is -0.304 e. The van der Waals surface area contributed by atoms with Crippen molar-refractivity contribution in [3.05, 3.63) is 30.4 Å². The first-order chi connectivity index (χ1) is 7.20. The van der Waals surface area contributed by atoms with E-state index in [4.69, 9.17) is 0 Å². The van der Waals surface area contributed by atoms with E-state index in [-0.39, 0.29) is 0 Å². The summed E-state index contributed by atoms with van der Waals surface area (Å²) >= 11 is 0. The van der Waals surface area contributed by atoms with Crippen LogP contribution in [0.1, 0.15) is 52.1 Å².